The van der Waals surface area contributed by atoms with Crippen molar-refractivity contribution in [1.82, 2.24) is 14.8 Å². The summed E-state index contributed by atoms with van der Waals surface area (Å²) in [4.78, 5) is 0. The molecule has 1 aromatic rings. The lowest BCUT2D eigenvalue weighted by molar-refractivity contribution is 0.134. The molecule has 0 saturated heterocycles. The first-order valence-corrected chi connectivity index (χ1v) is 5.42. The monoisotopic (exact) mass is 243 g/mol. The fourth-order valence-electron chi connectivity index (χ4n) is 1.08. The van der Waals surface area contributed by atoms with E-state index in [1.807, 2.05) is 0 Å². The third-order valence-electron chi connectivity index (χ3n) is 1.61. The largest absolute Gasteiger partial charge is 0.368 e. The Morgan fingerprint density at radius 3 is 2.40 bits per heavy atom. The first-order chi connectivity index (χ1) is 6.88. The number of nitrogens with zero attached hydrogens (tertiary/aromatic N) is 3. The van der Waals surface area contributed by atoms with Gasteiger partial charge in [0.1, 0.15) is 0 Å². The summed E-state index contributed by atoms with van der Waals surface area (Å²) in [6.45, 7) is 1.55. The zero-order valence-corrected chi connectivity index (χ0v) is 8.51. The van der Waals surface area contributed by atoms with Crippen molar-refractivity contribution < 1.29 is 21.1 Å². The fraction of sp³-hybridized carbons (Fsp3) is 0.667. The highest BCUT2D eigenvalue weighted by molar-refractivity contribution is 7.86. The Balaban J connectivity index is 3.30. The van der Waals surface area contributed by atoms with Crippen molar-refractivity contribution in [2.75, 3.05) is 0 Å². The lowest BCUT2D eigenvalue weighted by Crippen LogP contribution is -2.10. The van der Waals surface area contributed by atoms with Crippen molar-refractivity contribution >= 4 is 10.2 Å². The van der Waals surface area contributed by atoms with Crippen LogP contribution in [0, 0.1) is 0 Å². The first-order valence-electron chi connectivity index (χ1n) is 4.03. The molecule has 86 valence electrons. The predicted octanol–water partition coefficient (Wildman–Crippen LogP) is 1.28. The lowest BCUT2D eigenvalue weighted by Gasteiger charge is -2.05. The van der Waals surface area contributed by atoms with Gasteiger partial charge in [-0.25, -0.2) is 8.78 Å². The summed E-state index contributed by atoms with van der Waals surface area (Å²) >= 11 is 0. The Hall–Kier alpha value is -1.12. The Bertz CT molecular complexity index is 442. The molecule has 0 aromatic carbocycles. The molecule has 0 radical (unpaired) electrons. The highest BCUT2D eigenvalue weighted by Crippen LogP contribution is 2.20. The molecule has 0 N–H and O–H groups in total. The van der Waals surface area contributed by atoms with Crippen molar-refractivity contribution in [2.24, 2.45) is 0 Å². The average molecular weight is 243 g/mol. The molecule has 15 heavy (non-hydrogen) atoms. The second-order valence-electron chi connectivity index (χ2n) is 2.73. The first kappa shape index (κ1) is 12.0. The van der Waals surface area contributed by atoms with Gasteiger partial charge < -0.3 is 0 Å². The Morgan fingerprint density at radius 2 is 2.00 bits per heavy atom. The Morgan fingerprint density at radius 1 is 1.40 bits per heavy atom. The molecule has 0 amide bonds. The maximum atomic E-state index is 12.6. The van der Waals surface area contributed by atoms with Crippen LogP contribution in [0.4, 0.5) is 12.7 Å². The van der Waals surface area contributed by atoms with Gasteiger partial charge in [-0.3, -0.25) is 4.57 Å². The van der Waals surface area contributed by atoms with Gasteiger partial charge in [-0.1, -0.05) is 10.8 Å². The molecule has 0 unspecified atom stereocenters. The third-order valence-corrected chi connectivity index (χ3v) is 2.34. The molecule has 0 bridgehead atoms. The van der Waals surface area contributed by atoms with E-state index < -0.39 is 27.6 Å². The van der Waals surface area contributed by atoms with Gasteiger partial charge in [-0.05, 0) is 6.42 Å². The molecule has 5 nitrogen and oxygen atoms in total. The van der Waals surface area contributed by atoms with Gasteiger partial charge in [0.2, 0.25) is 5.82 Å². The van der Waals surface area contributed by atoms with Crippen LogP contribution in [-0.2, 0) is 16.8 Å². The van der Waals surface area contributed by atoms with Gasteiger partial charge in [0.25, 0.3) is 11.6 Å². The van der Waals surface area contributed by atoms with Gasteiger partial charge in [0, 0.05) is 6.54 Å². The SMILES string of the molecule is CCCn1c(C(F)F)nnc1S(=O)(=O)F. The number of alkyl halides is 2. The topological polar surface area (TPSA) is 64.8 Å². The maximum Gasteiger partial charge on any atom is 0.368 e. The highest BCUT2D eigenvalue weighted by Gasteiger charge is 2.27. The number of aromatic nitrogens is 3. The van der Waals surface area contributed by atoms with E-state index in [1.54, 1.807) is 6.92 Å². The van der Waals surface area contributed by atoms with Crippen molar-refractivity contribution in [3.63, 3.8) is 0 Å². The van der Waals surface area contributed by atoms with Crippen molar-refractivity contribution in [3.05, 3.63) is 5.82 Å². The second-order valence-corrected chi connectivity index (χ2v) is 3.97. The molecule has 0 aliphatic heterocycles. The van der Waals surface area contributed by atoms with Crippen molar-refractivity contribution in [3.8, 4) is 0 Å². The van der Waals surface area contributed by atoms with Crippen LogP contribution in [0.2, 0.25) is 0 Å². The number of hydrogen-bond acceptors (Lipinski definition) is 4. The lowest BCUT2D eigenvalue weighted by atomic mass is 10.4. The third kappa shape index (κ3) is 2.46. The standard InChI is InChI=1S/C6H8F3N3O2S/c1-2-3-12-5(4(7)8)10-11-6(12)15(9,13)14/h4H,2-3H2,1H3. The summed E-state index contributed by atoms with van der Waals surface area (Å²) in [6.07, 6.45) is -2.63. The zero-order chi connectivity index (χ0) is 11.6. The molecule has 0 saturated carbocycles. The summed E-state index contributed by atoms with van der Waals surface area (Å²) < 4.78 is 58.8. The quantitative estimate of drug-likeness (QED) is 0.747. The number of halogens is 3. The summed E-state index contributed by atoms with van der Waals surface area (Å²) in [6, 6.07) is 0. The minimum Gasteiger partial charge on any atom is -0.295 e. The van der Waals surface area contributed by atoms with Crippen LogP contribution in [0.5, 0.6) is 0 Å². The molecule has 0 aliphatic carbocycles. The summed E-state index contributed by atoms with van der Waals surface area (Å²) in [5.41, 5.74) is 0. The second kappa shape index (κ2) is 4.17. The van der Waals surface area contributed by atoms with Crippen LogP contribution in [0.15, 0.2) is 5.16 Å². The van der Waals surface area contributed by atoms with E-state index in [1.165, 1.54) is 0 Å². The molecule has 1 rings (SSSR count). The number of rotatable bonds is 4. The zero-order valence-electron chi connectivity index (χ0n) is 7.69. The fourth-order valence-corrected chi connectivity index (χ4v) is 1.66. The summed E-state index contributed by atoms with van der Waals surface area (Å²) in [7, 11) is -5.11. The maximum absolute atomic E-state index is 12.6. The van der Waals surface area contributed by atoms with Gasteiger partial charge in [0.05, 0.1) is 0 Å². The van der Waals surface area contributed by atoms with E-state index in [-0.39, 0.29) is 6.54 Å². The number of hydrogen-bond donors (Lipinski definition) is 0. The molecule has 0 aliphatic rings. The van der Waals surface area contributed by atoms with E-state index >= 15 is 0 Å². The van der Waals surface area contributed by atoms with Crippen LogP contribution in [0.1, 0.15) is 25.6 Å². The van der Waals surface area contributed by atoms with Crippen molar-refractivity contribution in [1.29, 1.82) is 0 Å². The molecular weight excluding hydrogens is 235 g/mol. The van der Waals surface area contributed by atoms with E-state index in [0.29, 0.717) is 11.0 Å². The molecule has 0 atom stereocenters. The van der Waals surface area contributed by atoms with Crippen LogP contribution in [0.25, 0.3) is 0 Å². The van der Waals surface area contributed by atoms with Crippen LogP contribution in [0.3, 0.4) is 0 Å². The van der Waals surface area contributed by atoms with Gasteiger partial charge in [-0.2, -0.15) is 8.42 Å². The molecule has 1 aromatic heterocycles. The minimum atomic E-state index is -5.11. The van der Waals surface area contributed by atoms with E-state index in [2.05, 4.69) is 10.2 Å². The molecule has 1 heterocycles. The molecule has 0 spiro atoms. The highest BCUT2D eigenvalue weighted by atomic mass is 32.3. The van der Waals surface area contributed by atoms with Crippen LogP contribution in [-0.4, -0.2) is 23.2 Å². The Kier molecular flexibility index (Phi) is 3.32. The molecule has 0 fully saturated rings. The average Bonchev–Trinajstić information content (AvgIpc) is 2.47. The minimum absolute atomic E-state index is 0.0782. The summed E-state index contributed by atoms with van der Waals surface area (Å²) in [5.74, 6) is -0.840. The smallest absolute Gasteiger partial charge is 0.295 e. The van der Waals surface area contributed by atoms with Gasteiger partial charge in [0.15, 0.2) is 0 Å². The Labute approximate surface area is 84.1 Å². The normalized spacial score (nSPS) is 12.3. The molecular formula is C6H8F3N3O2S. The summed E-state index contributed by atoms with van der Waals surface area (Å²) in [5, 5.41) is 4.77. The van der Waals surface area contributed by atoms with Gasteiger partial charge >= 0.3 is 10.2 Å². The molecule has 9 heteroatoms. The van der Waals surface area contributed by atoms with E-state index in [0.717, 1.165) is 0 Å². The van der Waals surface area contributed by atoms with Crippen LogP contribution >= 0.6 is 0 Å². The predicted molar refractivity (Wildman–Crippen MR) is 43.6 cm³/mol. The van der Waals surface area contributed by atoms with E-state index in [4.69, 9.17) is 0 Å². The van der Waals surface area contributed by atoms with Crippen molar-refractivity contribution in [2.45, 2.75) is 31.5 Å². The van der Waals surface area contributed by atoms with Gasteiger partial charge in [-0.15, -0.1) is 10.2 Å². The van der Waals surface area contributed by atoms with Crippen LogP contribution < -0.4 is 0 Å². The van der Waals surface area contributed by atoms with E-state index in [9.17, 15) is 21.1 Å².